The van der Waals surface area contributed by atoms with Crippen molar-refractivity contribution in [1.82, 2.24) is 4.98 Å². The van der Waals surface area contributed by atoms with E-state index in [1.165, 1.54) is 12.1 Å². The van der Waals surface area contributed by atoms with E-state index in [1.54, 1.807) is 6.92 Å². The summed E-state index contributed by atoms with van der Waals surface area (Å²) in [4.78, 5) is 25.4. The largest absolute Gasteiger partial charge is 0.476 e. The molecular formula is C11H8ClNO4. The number of halogens is 1. The Hall–Kier alpha value is -2.06. The van der Waals surface area contributed by atoms with Gasteiger partial charge in [0.15, 0.2) is 5.69 Å². The van der Waals surface area contributed by atoms with Crippen LogP contribution in [0.3, 0.4) is 0 Å². The van der Waals surface area contributed by atoms with Gasteiger partial charge in [0.05, 0.1) is 12.2 Å². The van der Waals surface area contributed by atoms with Crippen molar-refractivity contribution in [1.29, 1.82) is 0 Å². The predicted octanol–water partition coefficient (Wildman–Crippen LogP) is 1.35. The van der Waals surface area contributed by atoms with E-state index in [0.29, 0.717) is 0 Å². The Morgan fingerprint density at radius 2 is 2.24 bits per heavy atom. The van der Waals surface area contributed by atoms with Gasteiger partial charge in [-0.2, -0.15) is 0 Å². The van der Waals surface area contributed by atoms with Gasteiger partial charge in [0.1, 0.15) is 5.15 Å². The summed E-state index contributed by atoms with van der Waals surface area (Å²) in [5, 5.41) is 8.90. The highest BCUT2D eigenvalue weighted by Crippen LogP contribution is 2.10. The summed E-state index contributed by atoms with van der Waals surface area (Å²) in [7, 11) is 0. The third kappa shape index (κ3) is 3.78. The lowest BCUT2D eigenvalue weighted by Crippen LogP contribution is -2.05. The average molecular weight is 254 g/mol. The van der Waals surface area contributed by atoms with Crippen molar-refractivity contribution in [3.05, 3.63) is 28.5 Å². The molecule has 88 valence electrons. The van der Waals surface area contributed by atoms with Crippen LogP contribution in [-0.4, -0.2) is 28.6 Å². The van der Waals surface area contributed by atoms with Crippen LogP contribution in [0.4, 0.5) is 0 Å². The summed E-state index contributed by atoms with van der Waals surface area (Å²) in [5.41, 5.74) is -0.191. The molecule has 0 saturated heterocycles. The van der Waals surface area contributed by atoms with E-state index >= 15 is 0 Å². The highest BCUT2D eigenvalue weighted by Gasteiger charge is 2.11. The molecule has 1 heterocycles. The number of esters is 1. The summed E-state index contributed by atoms with van der Waals surface area (Å²) < 4.78 is 4.58. The number of carbonyl (C=O) groups excluding carboxylic acids is 1. The molecule has 0 amide bonds. The van der Waals surface area contributed by atoms with Gasteiger partial charge in [0, 0.05) is 5.92 Å². The Morgan fingerprint density at radius 3 is 2.82 bits per heavy atom. The second kappa shape index (κ2) is 5.87. The number of carboxylic acid groups (broad SMARTS) is 1. The number of aromatic nitrogens is 1. The molecular weight excluding hydrogens is 246 g/mol. The lowest BCUT2D eigenvalue weighted by Gasteiger charge is -1.98. The first-order valence-electron chi connectivity index (χ1n) is 4.63. The van der Waals surface area contributed by atoms with Crippen molar-refractivity contribution in [2.24, 2.45) is 0 Å². The van der Waals surface area contributed by atoms with Crippen molar-refractivity contribution in [3.8, 4) is 11.8 Å². The molecule has 0 bridgehead atoms. The maximum absolute atomic E-state index is 11.0. The average Bonchev–Trinajstić information content (AvgIpc) is 2.27. The molecule has 1 aromatic rings. The Kier molecular flexibility index (Phi) is 4.49. The number of hydrogen-bond acceptors (Lipinski definition) is 4. The van der Waals surface area contributed by atoms with Gasteiger partial charge in [-0.15, -0.1) is 0 Å². The van der Waals surface area contributed by atoms with E-state index in [9.17, 15) is 9.59 Å². The normalized spacial score (nSPS) is 9.06. The van der Waals surface area contributed by atoms with Gasteiger partial charge in [-0.25, -0.2) is 14.6 Å². The van der Waals surface area contributed by atoms with Crippen LogP contribution in [0.2, 0.25) is 5.15 Å². The van der Waals surface area contributed by atoms with E-state index in [4.69, 9.17) is 16.7 Å². The number of nitrogens with zero attached hydrogens (tertiary/aromatic N) is 1. The number of rotatable bonds is 2. The third-order valence-electron chi connectivity index (χ3n) is 1.64. The maximum Gasteiger partial charge on any atom is 0.384 e. The van der Waals surface area contributed by atoms with Gasteiger partial charge in [-0.1, -0.05) is 17.5 Å². The van der Waals surface area contributed by atoms with Crippen LogP contribution < -0.4 is 0 Å². The minimum absolute atomic E-state index is 0.0454. The quantitative estimate of drug-likeness (QED) is 0.489. The molecule has 5 nitrogen and oxygen atoms in total. The van der Waals surface area contributed by atoms with E-state index in [2.05, 4.69) is 21.6 Å². The first-order chi connectivity index (χ1) is 8.04. The molecule has 1 N–H and O–H groups in total. The van der Waals surface area contributed by atoms with E-state index in [1.807, 2.05) is 0 Å². The molecule has 0 aliphatic rings. The second-order valence-electron chi connectivity index (χ2n) is 2.81. The van der Waals surface area contributed by atoms with Crippen molar-refractivity contribution in [2.75, 3.05) is 6.61 Å². The van der Waals surface area contributed by atoms with Crippen molar-refractivity contribution in [2.45, 2.75) is 6.92 Å². The van der Waals surface area contributed by atoms with Gasteiger partial charge < -0.3 is 9.84 Å². The van der Waals surface area contributed by atoms with Crippen LogP contribution >= 0.6 is 11.6 Å². The molecule has 6 heteroatoms. The van der Waals surface area contributed by atoms with Gasteiger partial charge in [0.2, 0.25) is 0 Å². The van der Waals surface area contributed by atoms with Crippen molar-refractivity contribution < 1.29 is 19.4 Å². The Morgan fingerprint density at radius 1 is 1.53 bits per heavy atom. The number of hydrogen-bond donors (Lipinski definition) is 1. The first-order valence-corrected chi connectivity index (χ1v) is 5.01. The molecule has 0 spiro atoms. The fourth-order valence-electron chi connectivity index (χ4n) is 0.985. The fourth-order valence-corrected chi connectivity index (χ4v) is 1.13. The molecule has 0 atom stereocenters. The first kappa shape index (κ1) is 13.0. The number of pyridine rings is 1. The summed E-state index contributed by atoms with van der Waals surface area (Å²) in [6, 6.07) is 2.77. The minimum atomic E-state index is -1.26. The smallest absolute Gasteiger partial charge is 0.384 e. The van der Waals surface area contributed by atoms with Crippen LogP contribution in [-0.2, 0) is 9.53 Å². The lowest BCUT2D eigenvalue weighted by atomic mass is 10.2. The number of aromatic carboxylic acids is 1. The van der Waals surface area contributed by atoms with Gasteiger partial charge >= 0.3 is 11.9 Å². The lowest BCUT2D eigenvalue weighted by molar-refractivity contribution is -0.136. The van der Waals surface area contributed by atoms with Gasteiger partial charge in [-0.05, 0) is 19.1 Å². The minimum Gasteiger partial charge on any atom is -0.476 e. The van der Waals surface area contributed by atoms with Crippen molar-refractivity contribution in [3.63, 3.8) is 0 Å². The summed E-state index contributed by atoms with van der Waals surface area (Å²) in [6.45, 7) is 1.85. The maximum atomic E-state index is 11.0. The van der Waals surface area contributed by atoms with E-state index in [0.717, 1.165) is 0 Å². The van der Waals surface area contributed by atoms with E-state index < -0.39 is 11.9 Å². The molecule has 1 rings (SSSR count). The van der Waals surface area contributed by atoms with Gasteiger partial charge in [0.25, 0.3) is 0 Å². The summed E-state index contributed by atoms with van der Waals surface area (Å²) in [6.07, 6.45) is 0. The molecule has 0 saturated carbocycles. The highest BCUT2D eigenvalue weighted by atomic mass is 35.5. The van der Waals surface area contributed by atoms with Crippen LogP contribution in [0.25, 0.3) is 0 Å². The number of carbonyl (C=O) groups is 2. The molecule has 0 aliphatic carbocycles. The Bertz CT molecular complexity index is 516. The van der Waals surface area contributed by atoms with Crippen LogP contribution in [0, 0.1) is 11.8 Å². The Balaban J connectivity index is 3.06. The van der Waals surface area contributed by atoms with Crippen LogP contribution in [0.15, 0.2) is 12.1 Å². The zero-order valence-corrected chi connectivity index (χ0v) is 9.61. The van der Waals surface area contributed by atoms with Crippen molar-refractivity contribution >= 4 is 23.5 Å². The number of carboxylic acids is 1. The third-order valence-corrected chi connectivity index (χ3v) is 1.85. The molecule has 0 fully saturated rings. The fraction of sp³-hybridized carbons (Fsp3) is 0.182. The highest BCUT2D eigenvalue weighted by molar-refractivity contribution is 6.29. The summed E-state index contributed by atoms with van der Waals surface area (Å²) in [5.74, 6) is 2.55. The van der Waals surface area contributed by atoms with E-state index in [-0.39, 0.29) is 23.0 Å². The topological polar surface area (TPSA) is 76.5 Å². The van der Waals surface area contributed by atoms with Crippen LogP contribution in [0.1, 0.15) is 23.0 Å². The molecule has 0 unspecified atom stereocenters. The van der Waals surface area contributed by atoms with Gasteiger partial charge in [-0.3, -0.25) is 0 Å². The molecule has 0 aromatic carbocycles. The predicted molar refractivity (Wildman–Crippen MR) is 59.7 cm³/mol. The molecule has 0 radical (unpaired) electrons. The Labute approximate surface area is 102 Å². The number of ether oxygens (including phenoxy) is 1. The van der Waals surface area contributed by atoms with Crippen LogP contribution in [0.5, 0.6) is 0 Å². The second-order valence-corrected chi connectivity index (χ2v) is 3.19. The SMILES string of the molecule is CCOC(=O)C#Cc1ccc(Cl)nc1C(=O)O. The zero-order valence-electron chi connectivity index (χ0n) is 8.86. The summed E-state index contributed by atoms with van der Waals surface area (Å²) >= 11 is 5.56. The molecule has 0 aliphatic heterocycles. The zero-order chi connectivity index (χ0) is 12.8. The monoisotopic (exact) mass is 253 g/mol. The standard InChI is InChI=1S/C11H8ClNO4/c1-2-17-9(14)6-4-7-3-5-8(12)13-10(7)11(15)16/h3,5H,2H2,1H3,(H,15,16). The molecule has 1 aromatic heterocycles. The molecule has 17 heavy (non-hydrogen) atoms.